The molecule has 0 unspecified atom stereocenters. The number of hydrogen-bond acceptors (Lipinski definition) is 3. The SMILES string of the molecule is CCc1nc2ccccc2n1CC(=O)NCC(=O)Nc1ccc(Br)c(C)c1. The van der Waals surface area contributed by atoms with Crippen molar-refractivity contribution in [2.24, 2.45) is 0 Å². The van der Waals surface area contributed by atoms with Gasteiger partial charge in [-0.15, -0.1) is 0 Å². The number of para-hydroxylation sites is 2. The van der Waals surface area contributed by atoms with Crippen molar-refractivity contribution in [3.63, 3.8) is 0 Å². The van der Waals surface area contributed by atoms with Gasteiger partial charge in [-0.05, 0) is 42.8 Å². The molecule has 0 atom stereocenters. The van der Waals surface area contributed by atoms with E-state index in [0.717, 1.165) is 33.3 Å². The monoisotopic (exact) mass is 428 g/mol. The second-order valence-electron chi connectivity index (χ2n) is 6.25. The lowest BCUT2D eigenvalue weighted by Crippen LogP contribution is -2.35. The van der Waals surface area contributed by atoms with E-state index in [-0.39, 0.29) is 24.9 Å². The van der Waals surface area contributed by atoms with Crippen LogP contribution >= 0.6 is 15.9 Å². The number of carbonyl (C=O) groups is 2. The molecule has 0 saturated heterocycles. The number of nitrogens with one attached hydrogen (secondary N) is 2. The van der Waals surface area contributed by atoms with Gasteiger partial charge < -0.3 is 15.2 Å². The molecule has 0 aliphatic rings. The summed E-state index contributed by atoms with van der Waals surface area (Å²) in [7, 11) is 0. The molecule has 1 aromatic heterocycles. The summed E-state index contributed by atoms with van der Waals surface area (Å²) in [5.74, 6) is 0.354. The van der Waals surface area contributed by atoms with Crippen LogP contribution in [0, 0.1) is 6.92 Å². The molecular formula is C20H21BrN4O2. The minimum absolute atomic E-state index is 0.0813. The van der Waals surface area contributed by atoms with Gasteiger partial charge in [-0.1, -0.05) is 35.0 Å². The standard InChI is InChI=1S/C20H21BrN4O2/c1-3-18-24-16-6-4-5-7-17(16)25(18)12-20(27)22-11-19(26)23-14-8-9-15(21)13(2)10-14/h4-10H,3,11-12H2,1-2H3,(H,22,27)(H,23,26). The van der Waals surface area contributed by atoms with Crippen LogP contribution in [0.3, 0.4) is 0 Å². The van der Waals surface area contributed by atoms with Crippen LogP contribution in [0.15, 0.2) is 46.9 Å². The molecule has 1 heterocycles. The van der Waals surface area contributed by atoms with Crippen molar-refractivity contribution in [2.75, 3.05) is 11.9 Å². The van der Waals surface area contributed by atoms with Crippen LogP contribution < -0.4 is 10.6 Å². The molecule has 2 aromatic carbocycles. The number of nitrogens with zero attached hydrogens (tertiary/aromatic N) is 2. The van der Waals surface area contributed by atoms with E-state index in [1.54, 1.807) is 0 Å². The van der Waals surface area contributed by atoms with E-state index in [4.69, 9.17) is 0 Å². The number of rotatable bonds is 6. The number of anilines is 1. The third kappa shape index (κ3) is 4.54. The Hall–Kier alpha value is -2.67. The maximum absolute atomic E-state index is 12.3. The van der Waals surface area contributed by atoms with Gasteiger partial charge in [-0.2, -0.15) is 0 Å². The molecule has 140 valence electrons. The van der Waals surface area contributed by atoms with Crippen LogP contribution in [0.1, 0.15) is 18.3 Å². The third-order valence-corrected chi connectivity index (χ3v) is 5.13. The fourth-order valence-corrected chi connectivity index (χ4v) is 3.12. The number of aryl methyl sites for hydroxylation is 2. The molecule has 0 aliphatic heterocycles. The molecule has 0 fully saturated rings. The average Bonchev–Trinajstić information content (AvgIpc) is 3.01. The van der Waals surface area contributed by atoms with Crippen molar-refractivity contribution in [3.05, 3.63) is 58.3 Å². The molecule has 0 bridgehead atoms. The van der Waals surface area contributed by atoms with Crippen LogP contribution in [0.2, 0.25) is 0 Å². The van der Waals surface area contributed by atoms with E-state index in [0.29, 0.717) is 5.69 Å². The highest BCUT2D eigenvalue weighted by Gasteiger charge is 2.13. The third-order valence-electron chi connectivity index (χ3n) is 4.24. The molecule has 7 heteroatoms. The Bertz CT molecular complexity index is 997. The van der Waals surface area contributed by atoms with E-state index in [1.807, 2.05) is 60.9 Å². The second-order valence-corrected chi connectivity index (χ2v) is 7.10. The van der Waals surface area contributed by atoms with Gasteiger partial charge in [0.2, 0.25) is 11.8 Å². The van der Waals surface area contributed by atoms with Gasteiger partial charge in [0.1, 0.15) is 12.4 Å². The van der Waals surface area contributed by atoms with Gasteiger partial charge in [0.15, 0.2) is 0 Å². The van der Waals surface area contributed by atoms with Gasteiger partial charge >= 0.3 is 0 Å². The Kier molecular flexibility index (Phi) is 5.91. The zero-order chi connectivity index (χ0) is 19.4. The molecule has 0 radical (unpaired) electrons. The van der Waals surface area contributed by atoms with Crippen LogP contribution in [0.25, 0.3) is 11.0 Å². The Morgan fingerprint density at radius 1 is 1.15 bits per heavy atom. The Labute approximate surface area is 166 Å². The molecule has 0 aliphatic carbocycles. The fourth-order valence-electron chi connectivity index (χ4n) is 2.88. The minimum atomic E-state index is -0.267. The van der Waals surface area contributed by atoms with Gasteiger partial charge in [0.05, 0.1) is 17.6 Å². The minimum Gasteiger partial charge on any atom is -0.345 e. The lowest BCUT2D eigenvalue weighted by atomic mass is 10.2. The first-order valence-corrected chi connectivity index (χ1v) is 9.54. The molecule has 6 nitrogen and oxygen atoms in total. The fraction of sp³-hybridized carbons (Fsp3) is 0.250. The lowest BCUT2D eigenvalue weighted by molar-refractivity contribution is -0.124. The van der Waals surface area contributed by atoms with Crippen LogP contribution in [-0.2, 0) is 22.6 Å². The summed E-state index contributed by atoms with van der Waals surface area (Å²) >= 11 is 3.43. The van der Waals surface area contributed by atoms with Crippen molar-refractivity contribution in [1.82, 2.24) is 14.9 Å². The normalized spacial score (nSPS) is 10.8. The van der Waals surface area contributed by atoms with Gasteiger partial charge in [-0.3, -0.25) is 9.59 Å². The molecule has 27 heavy (non-hydrogen) atoms. The molecule has 0 saturated carbocycles. The number of amides is 2. The Balaban J connectivity index is 1.60. The summed E-state index contributed by atoms with van der Waals surface area (Å²) in [6.45, 7) is 4.00. The lowest BCUT2D eigenvalue weighted by Gasteiger charge is -2.10. The Morgan fingerprint density at radius 3 is 2.67 bits per heavy atom. The second kappa shape index (κ2) is 8.35. The van der Waals surface area contributed by atoms with Gasteiger partial charge in [-0.25, -0.2) is 4.98 Å². The molecule has 2 amide bonds. The van der Waals surface area contributed by atoms with E-state index >= 15 is 0 Å². The van der Waals surface area contributed by atoms with E-state index < -0.39 is 0 Å². The molecule has 0 spiro atoms. The van der Waals surface area contributed by atoms with Gasteiger partial charge in [0, 0.05) is 16.6 Å². The van der Waals surface area contributed by atoms with Crippen molar-refractivity contribution in [3.8, 4) is 0 Å². The van der Waals surface area contributed by atoms with E-state index in [1.165, 1.54) is 0 Å². The summed E-state index contributed by atoms with van der Waals surface area (Å²) in [6, 6.07) is 13.3. The summed E-state index contributed by atoms with van der Waals surface area (Å²) in [6.07, 6.45) is 0.728. The smallest absolute Gasteiger partial charge is 0.243 e. The number of aromatic nitrogens is 2. The summed E-state index contributed by atoms with van der Waals surface area (Å²) < 4.78 is 2.87. The molecule has 3 aromatic rings. The maximum atomic E-state index is 12.3. The number of hydrogen-bond donors (Lipinski definition) is 2. The largest absolute Gasteiger partial charge is 0.345 e. The summed E-state index contributed by atoms with van der Waals surface area (Å²) in [5, 5.41) is 5.46. The van der Waals surface area contributed by atoms with E-state index in [2.05, 4.69) is 31.5 Å². The highest BCUT2D eigenvalue weighted by molar-refractivity contribution is 9.10. The van der Waals surface area contributed by atoms with Gasteiger partial charge in [0.25, 0.3) is 0 Å². The summed E-state index contributed by atoms with van der Waals surface area (Å²) in [5.41, 5.74) is 3.50. The molecular weight excluding hydrogens is 408 g/mol. The average molecular weight is 429 g/mol. The number of fused-ring (bicyclic) bond motifs is 1. The first-order valence-electron chi connectivity index (χ1n) is 8.74. The first-order chi connectivity index (χ1) is 13.0. The topological polar surface area (TPSA) is 76.0 Å². The quantitative estimate of drug-likeness (QED) is 0.631. The predicted molar refractivity (Wildman–Crippen MR) is 110 cm³/mol. The highest BCUT2D eigenvalue weighted by Crippen LogP contribution is 2.20. The number of carbonyl (C=O) groups excluding carboxylic acids is 2. The van der Waals surface area contributed by atoms with Crippen molar-refractivity contribution < 1.29 is 9.59 Å². The Morgan fingerprint density at radius 2 is 1.93 bits per heavy atom. The number of imidazole rings is 1. The predicted octanol–water partition coefficient (Wildman–Crippen LogP) is 3.42. The van der Waals surface area contributed by atoms with Crippen molar-refractivity contribution in [2.45, 2.75) is 26.8 Å². The highest BCUT2D eigenvalue weighted by atomic mass is 79.9. The molecule has 3 rings (SSSR count). The first kappa shape index (κ1) is 19.1. The van der Waals surface area contributed by atoms with Crippen molar-refractivity contribution >= 4 is 44.5 Å². The van der Waals surface area contributed by atoms with Crippen LogP contribution in [0.5, 0.6) is 0 Å². The van der Waals surface area contributed by atoms with Crippen LogP contribution in [0.4, 0.5) is 5.69 Å². The zero-order valence-corrected chi connectivity index (χ0v) is 16.8. The maximum Gasteiger partial charge on any atom is 0.243 e. The van der Waals surface area contributed by atoms with E-state index in [9.17, 15) is 9.59 Å². The molecule has 2 N–H and O–H groups in total. The summed E-state index contributed by atoms with van der Waals surface area (Å²) in [4.78, 5) is 29.0. The van der Waals surface area contributed by atoms with Crippen molar-refractivity contribution in [1.29, 1.82) is 0 Å². The number of halogens is 1. The number of benzene rings is 2. The zero-order valence-electron chi connectivity index (χ0n) is 15.3. The van der Waals surface area contributed by atoms with Crippen LogP contribution in [-0.4, -0.2) is 27.9 Å².